The number of aliphatic hydroxyl groups is 1. The fourth-order valence-electron chi connectivity index (χ4n) is 3.34. The fraction of sp³-hybridized carbons (Fsp3) is 0.364. The number of carbonyl (C=O) groups is 2. The number of benzene rings is 1. The normalized spacial score (nSPS) is 16.8. The van der Waals surface area contributed by atoms with Crippen molar-refractivity contribution in [3.05, 3.63) is 63.6 Å². The molecule has 2 heterocycles. The third kappa shape index (κ3) is 4.52. The van der Waals surface area contributed by atoms with Gasteiger partial charge < -0.3 is 19.6 Å². The summed E-state index contributed by atoms with van der Waals surface area (Å²) in [5.41, 5.74) is 0.892. The topological polar surface area (TPSA) is 71.3 Å². The van der Waals surface area contributed by atoms with Crippen LogP contribution in [0.1, 0.15) is 34.6 Å². The molecule has 0 unspecified atom stereocenters. The summed E-state index contributed by atoms with van der Waals surface area (Å²) < 4.78 is 5.74. The van der Waals surface area contributed by atoms with E-state index in [0.29, 0.717) is 30.3 Å². The average molecular weight is 416 g/mol. The Morgan fingerprint density at radius 3 is 2.72 bits per heavy atom. The number of likely N-dealkylation sites (N-methyl/N-ethyl adjacent to an activating group) is 1. The number of thiophene rings is 1. The Kier molecular flexibility index (Phi) is 6.71. The molecule has 154 valence electrons. The largest absolute Gasteiger partial charge is 0.503 e. The smallest absolute Gasteiger partial charge is 0.290 e. The van der Waals surface area contributed by atoms with Gasteiger partial charge in [-0.15, -0.1) is 11.3 Å². The average Bonchev–Trinajstić information content (AvgIpc) is 3.32. The zero-order chi connectivity index (χ0) is 21.0. The van der Waals surface area contributed by atoms with Gasteiger partial charge in [0.1, 0.15) is 5.75 Å². The van der Waals surface area contributed by atoms with Crippen LogP contribution in [-0.4, -0.2) is 55.5 Å². The zero-order valence-electron chi connectivity index (χ0n) is 17.0. The monoisotopic (exact) mass is 415 g/mol. The van der Waals surface area contributed by atoms with Crippen LogP contribution in [0, 0.1) is 0 Å². The molecular weight excluding hydrogens is 388 g/mol. The van der Waals surface area contributed by atoms with E-state index in [-0.39, 0.29) is 11.4 Å². The maximum absolute atomic E-state index is 13.2. The number of quaternary nitrogens is 1. The highest BCUT2D eigenvalue weighted by Gasteiger charge is 2.44. The van der Waals surface area contributed by atoms with Crippen molar-refractivity contribution >= 4 is 23.0 Å². The number of carbonyl (C=O) groups excluding carboxylic acids is 2. The molecule has 3 rings (SSSR count). The summed E-state index contributed by atoms with van der Waals surface area (Å²) in [6, 6.07) is 10.3. The molecular formula is C22H27N2O4S+. The summed E-state index contributed by atoms with van der Waals surface area (Å²) >= 11 is 1.30. The van der Waals surface area contributed by atoms with E-state index < -0.39 is 17.7 Å². The molecule has 0 aliphatic carbocycles. The summed E-state index contributed by atoms with van der Waals surface area (Å²) in [5, 5.41) is 12.4. The lowest BCUT2D eigenvalue weighted by Crippen LogP contribution is -3.06. The molecule has 0 radical (unpaired) electrons. The van der Waals surface area contributed by atoms with Crippen molar-refractivity contribution in [3.63, 3.8) is 0 Å². The number of hydrogen-bond donors (Lipinski definition) is 2. The van der Waals surface area contributed by atoms with E-state index in [2.05, 4.69) is 0 Å². The molecule has 1 aromatic carbocycles. The third-order valence-electron chi connectivity index (χ3n) is 4.79. The first kappa shape index (κ1) is 21.1. The van der Waals surface area contributed by atoms with Gasteiger partial charge in [-0.1, -0.05) is 25.1 Å². The van der Waals surface area contributed by atoms with Gasteiger partial charge in [-0.05, 0) is 35.6 Å². The molecule has 0 fully saturated rings. The van der Waals surface area contributed by atoms with E-state index in [1.165, 1.54) is 16.2 Å². The Hall–Kier alpha value is -2.64. The number of rotatable bonds is 9. The molecule has 0 saturated carbocycles. The van der Waals surface area contributed by atoms with Gasteiger partial charge in [0.2, 0.25) is 5.78 Å². The summed E-state index contributed by atoms with van der Waals surface area (Å²) in [4.78, 5) is 29.3. The highest BCUT2D eigenvalue weighted by atomic mass is 32.1. The highest BCUT2D eigenvalue weighted by Crippen LogP contribution is 2.40. The standard InChI is InChI=1S/C22H26N2O4S/c1-4-12-28-16-8-5-7-15(14-16)19-18(20(25)17-9-6-13-29-17)21(26)22(27)24(19)11-10-23(2)3/h5-9,13-14,19,26H,4,10-12H2,1-3H3/p+1/t19-/m1/s1. The minimum absolute atomic E-state index is 0.138. The van der Waals surface area contributed by atoms with Gasteiger partial charge in [0, 0.05) is 0 Å². The molecule has 2 N–H and O–H groups in total. The lowest BCUT2D eigenvalue weighted by Gasteiger charge is -2.27. The van der Waals surface area contributed by atoms with Crippen molar-refractivity contribution in [2.24, 2.45) is 0 Å². The van der Waals surface area contributed by atoms with E-state index in [1.807, 2.05) is 50.7 Å². The van der Waals surface area contributed by atoms with Crippen molar-refractivity contribution < 1.29 is 24.3 Å². The molecule has 1 aromatic heterocycles. The molecule has 0 saturated heterocycles. The van der Waals surface area contributed by atoms with Gasteiger partial charge in [-0.3, -0.25) is 9.59 Å². The zero-order valence-corrected chi connectivity index (χ0v) is 17.8. The highest BCUT2D eigenvalue weighted by molar-refractivity contribution is 7.12. The fourth-order valence-corrected chi connectivity index (χ4v) is 4.02. The Labute approximate surface area is 175 Å². The molecule has 0 spiro atoms. The van der Waals surface area contributed by atoms with Crippen molar-refractivity contribution in [1.29, 1.82) is 0 Å². The second kappa shape index (κ2) is 9.24. The lowest BCUT2D eigenvalue weighted by atomic mass is 9.95. The Morgan fingerprint density at radius 2 is 2.07 bits per heavy atom. The second-order valence-electron chi connectivity index (χ2n) is 7.35. The SMILES string of the molecule is CCCOc1cccc([C@@H]2C(C(=O)c3cccs3)=C(O)C(=O)N2CC[NH+](C)C)c1. The van der Waals surface area contributed by atoms with Crippen molar-refractivity contribution in [3.8, 4) is 5.75 Å². The van der Waals surface area contributed by atoms with E-state index in [0.717, 1.165) is 12.0 Å². The number of hydrogen-bond acceptors (Lipinski definition) is 5. The first-order chi connectivity index (χ1) is 13.9. The Balaban J connectivity index is 2.03. The maximum Gasteiger partial charge on any atom is 0.290 e. The number of ether oxygens (including phenoxy) is 1. The molecule has 1 atom stereocenters. The summed E-state index contributed by atoms with van der Waals surface area (Å²) in [7, 11) is 4.00. The van der Waals surface area contributed by atoms with Gasteiger partial charge in [0.25, 0.3) is 5.91 Å². The molecule has 7 heteroatoms. The van der Waals surface area contributed by atoms with Gasteiger partial charge in [0.15, 0.2) is 5.76 Å². The minimum atomic E-state index is -0.637. The minimum Gasteiger partial charge on any atom is -0.503 e. The van der Waals surface area contributed by atoms with Crippen LogP contribution in [0.3, 0.4) is 0 Å². The van der Waals surface area contributed by atoms with Crippen LogP contribution in [0.2, 0.25) is 0 Å². The Bertz CT molecular complexity index is 905. The van der Waals surface area contributed by atoms with Gasteiger partial charge in [0.05, 0.1) is 50.3 Å². The van der Waals surface area contributed by atoms with Crippen LogP contribution in [0.4, 0.5) is 0 Å². The molecule has 6 nitrogen and oxygen atoms in total. The number of Topliss-reactive ketones (excluding diaryl/α,β-unsaturated/α-hetero) is 1. The maximum atomic E-state index is 13.2. The summed E-state index contributed by atoms with van der Waals surface area (Å²) in [5.74, 6) is -0.585. The molecule has 1 aliphatic heterocycles. The van der Waals surface area contributed by atoms with E-state index in [9.17, 15) is 14.7 Å². The quantitative estimate of drug-likeness (QED) is 0.617. The van der Waals surface area contributed by atoms with Crippen LogP contribution < -0.4 is 9.64 Å². The molecule has 29 heavy (non-hydrogen) atoms. The lowest BCUT2D eigenvalue weighted by molar-refractivity contribution is -0.857. The molecule has 2 aromatic rings. The number of nitrogens with zero attached hydrogens (tertiary/aromatic N) is 1. The second-order valence-corrected chi connectivity index (χ2v) is 8.30. The van der Waals surface area contributed by atoms with Crippen molar-refractivity contribution in [1.82, 2.24) is 4.90 Å². The number of nitrogens with one attached hydrogen (secondary N) is 1. The van der Waals surface area contributed by atoms with Gasteiger partial charge in [-0.2, -0.15) is 0 Å². The van der Waals surface area contributed by atoms with Crippen LogP contribution >= 0.6 is 11.3 Å². The summed E-state index contributed by atoms with van der Waals surface area (Å²) in [6.07, 6.45) is 0.882. The van der Waals surface area contributed by atoms with Gasteiger partial charge >= 0.3 is 0 Å². The Morgan fingerprint density at radius 1 is 1.28 bits per heavy atom. The summed E-state index contributed by atoms with van der Waals surface area (Å²) in [6.45, 7) is 3.74. The number of amides is 1. The predicted molar refractivity (Wildman–Crippen MR) is 113 cm³/mol. The molecule has 1 aliphatic rings. The van der Waals surface area contributed by atoms with E-state index in [4.69, 9.17) is 4.74 Å². The first-order valence-electron chi connectivity index (χ1n) is 9.78. The third-order valence-corrected chi connectivity index (χ3v) is 5.66. The van der Waals surface area contributed by atoms with Crippen molar-refractivity contribution in [2.75, 3.05) is 33.8 Å². The number of ketones is 1. The van der Waals surface area contributed by atoms with E-state index >= 15 is 0 Å². The molecule has 1 amide bonds. The first-order valence-corrected chi connectivity index (χ1v) is 10.7. The van der Waals surface area contributed by atoms with Crippen LogP contribution in [0.25, 0.3) is 0 Å². The molecule has 0 bridgehead atoms. The van der Waals surface area contributed by atoms with Gasteiger partial charge in [-0.25, -0.2) is 0 Å². The van der Waals surface area contributed by atoms with Crippen LogP contribution in [-0.2, 0) is 4.79 Å². The predicted octanol–water partition coefficient (Wildman–Crippen LogP) is 2.26. The van der Waals surface area contributed by atoms with Crippen LogP contribution in [0.15, 0.2) is 53.1 Å². The van der Waals surface area contributed by atoms with Crippen molar-refractivity contribution in [2.45, 2.75) is 19.4 Å². The van der Waals surface area contributed by atoms with E-state index in [1.54, 1.807) is 17.0 Å². The van der Waals surface area contributed by atoms with Crippen LogP contribution in [0.5, 0.6) is 5.75 Å². The number of aliphatic hydroxyl groups excluding tert-OH is 1.